The second-order valence-corrected chi connectivity index (χ2v) is 7.20. The molecule has 136 valence electrons. The van der Waals surface area contributed by atoms with Crippen molar-refractivity contribution in [2.24, 2.45) is 5.41 Å². The van der Waals surface area contributed by atoms with E-state index in [2.05, 4.69) is 16.4 Å². The molecule has 0 spiro atoms. The van der Waals surface area contributed by atoms with E-state index in [-0.39, 0.29) is 12.0 Å². The third kappa shape index (κ3) is 3.58. The van der Waals surface area contributed by atoms with Crippen molar-refractivity contribution in [3.8, 4) is 16.9 Å². The highest BCUT2D eigenvalue weighted by Gasteiger charge is 2.19. The third-order valence-corrected chi connectivity index (χ3v) is 4.48. The van der Waals surface area contributed by atoms with Crippen molar-refractivity contribution in [3.63, 3.8) is 0 Å². The monoisotopic (exact) mass is 351 g/mol. The minimum absolute atomic E-state index is 0.0958. The maximum atomic E-state index is 9.51. The summed E-state index contributed by atoms with van der Waals surface area (Å²) >= 11 is 0. The lowest BCUT2D eigenvalue weighted by Crippen LogP contribution is -2.27. The molecule has 1 heterocycles. The zero-order chi connectivity index (χ0) is 18.7. The molecule has 2 aromatic carbocycles. The van der Waals surface area contributed by atoms with E-state index < -0.39 is 0 Å². The smallest absolute Gasteiger partial charge is 0.137 e. The van der Waals surface area contributed by atoms with Gasteiger partial charge in [-0.2, -0.15) is 0 Å². The van der Waals surface area contributed by atoms with Crippen LogP contribution in [0.2, 0.25) is 0 Å². The highest BCUT2D eigenvalue weighted by atomic mass is 16.5. The van der Waals surface area contributed by atoms with E-state index in [1.54, 1.807) is 7.11 Å². The molecule has 4 N–H and O–H groups in total. The minimum Gasteiger partial charge on any atom is -0.496 e. The first kappa shape index (κ1) is 18.0. The first-order valence-corrected chi connectivity index (χ1v) is 8.61. The van der Waals surface area contributed by atoms with Gasteiger partial charge in [-0.15, -0.1) is 0 Å². The normalized spacial score (nSPS) is 11.5. The van der Waals surface area contributed by atoms with Gasteiger partial charge in [0.25, 0.3) is 0 Å². The Morgan fingerprint density at radius 3 is 2.54 bits per heavy atom. The number of hydrogen-bond acceptors (Lipinski definition) is 5. The van der Waals surface area contributed by atoms with Crippen molar-refractivity contribution < 1.29 is 9.84 Å². The predicted octanol–water partition coefficient (Wildman–Crippen LogP) is 3.92. The number of benzene rings is 2. The van der Waals surface area contributed by atoms with Gasteiger partial charge < -0.3 is 20.9 Å². The van der Waals surface area contributed by atoms with E-state index in [0.29, 0.717) is 6.54 Å². The van der Waals surface area contributed by atoms with Crippen molar-refractivity contribution in [2.75, 3.05) is 31.3 Å². The summed E-state index contributed by atoms with van der Waals surface area (Å²) in [5.41, 5.74) is 8.37. The van der Waals surface area contributed by atoms with E-state index in [1.807, 2.05) is 56.4 Å². The third-order valence-electron chi connectivity index (χ3n) is 4.48. The van der Waals surface area contributed by atoms with Crippen molar-refractivity contribution in [1.82, 2.24) is 4.98 Å². The molecule has 0 aliphatic carbocycles. The summed E-state index contributed by atoms with van der Waals surface area (Å²) in [6.07, 6.45) is 1.86. The molecule has 0 atom stereocenters. The van der Waals surface area contributed by atoms with Crippen molar-refractivity contribution in [3.05, 3.63) is 48.7 Å². The zero-order valence-corrected chi connectivity index (χ0v) is 15.4. The molecule has 0 aliphatic rings. The number of aliphatic hydroxyl groups is 1. The SMILES string of the molecule is COc1cccc2c(-c3ccc(N)cc3)cnc(NCC(C)(C)CO)c12. The second kappa shape index (κ2) is 7.22. The lowest BCUT2D eigenvalue weighted by molar-refractivity contribution is 0.171. The quantitative estimate of drug-likeness (QED) is 0.587. The van der Waals surface area contributed by atoms with Crippen LogP contribution in [0.25, 0.3) is 21.9 Å². The number of nitrogens with two attached hydrogens (primary N) is 1. The molecule has 0 fully saturated rings. The largest absolute Gasteiger partial charge is 0.496 e. The fraction of sp³-hybridized carbons (Fsp3) is 0.286. The average molecular weight is 351 g/mol. The van der Waals surface area contributed by atoms with Crippen LogP contribution in [0, 0.1) is 5.41 Å². The summed E-state index contributed by atoms with van der Waals surface area (Å²) in [4.78, 5) is 4.65. The van der Waals surface area contributed by atoms with Crippen LogP contribution >= 0.6 is 0 Å². The molecule has 5 heteroatoms. The molecule has 0 bridgehead atoms. The van der Waals surface area contributed by atoms with Crippen LogP contribution in [-0.2, 0) is 0 Å². The average Bonchev–Trinajstić information content (AvgIpc) is 2.66. The Kier molecular flexibility index (Phi) is 5.00. The van der Waals surface area contributed by atoms with Gasteiger partial charge in [-0.3, -0.25) is 0 Å². The van der Waals surface area contributed by atoms with Gasteiger partial charge in [0.1, 0.15) is 11.6 Å². The molecular formula is C21H25N3O2. The van der Waals surface area contributed by atoms with Crippen LogP contribution < -0.4 is 15.8 Å². The predicted molar refractivity (Wildman–Crippen MR) is 107 cm³/mol. The Labute approximate surface area is 153 Å². The Morgan fingerprint density at radius 2 is 1.88 bits per heavy atom. The molecular weight excluding hydrogens is 326 g/mol. The van der Waals surface area contributed by atoms with Crippen LogP contribution in [-0.4, -0.2) is 30.4 Å². The van der Waals surface area contributed by atoms with Gasteiger partial charge in [0.15, 0.2) is 0 Å². The maximum absolute atomic E-state index is 9.51. The number of ether oxygens (including phenoxy) is 1. The lowest BCUT2D eigenvalue weighted by Gasteiger charge is -2.23. The van der Waals surface area contributed by atoms with Gasteiger partial charge in [0.05, 0.1) is 12.5 Å². The van der Waals surface area contributed by atoms with Gasteiger partial charge >= 0.3 is 0 Å². The molecule has 0 saturated heterocycles. The van der Waals surface area contributed by atoms with Crippen molar-refractivity contribution >= 4 is 22.3 Å². The number of hydrogen-bond donors (Lipinski definition) is 3. The van der Waals surface area contributed by atoms with Gasteiger partial charge in [0, 0.05) is 36.0 Å². The molecule has 3 aromatic rings. The van der Waals surface area contributed by atoms with Gasteiger partial charge in [-0.1, -0.05) is 38.1 Å². The molecule has 1 aromatic heterocycles. The summed E-state index contributed by atoms with van der Waals surface area (Å²) in [5.74, 6) is 1.51. The molecule has 0 radical (unpaired) electrons. The molecule has 0 saturated carbocycles. The Hall–Kier alpha value is -2.79. The van der Waals surface area contributed by atoms with Crippen LogP contribution in [0.1, 0.15) is 13.8 Å². The summed E-state index contributed by atoms with van der Waals surface area (Å²) in [5, 5.41) is 14.9. The van der Waals surface area contributed by atoms with Crippen molar-refractivity contribution in [1.29, 1.82) is 0 Å². The van der Waals surface area contributed by atoms with Gasteiger partial charge in [-0.25, -0.2) is 4.98 Å². The van der Waals surface area contributed by atoms with Crippen LogP contribution in [0.5, 0.6) is 5.75 Å². The number of nitrogens with one attached hydrogen (secondary N) is 1. The maximum Gasteiger partial charge on any atom is 0.137 e. The fourth-order valence-electron chi connectivity index (χ4n) is 2.84. The van der Waals surface area contributed by atoms with E-state index in [1.165, 1.54) is 0 Å². The highest BCUT2D eigenvalue weighted by molar-refractivity contribution is 6.05. The van der Waals surface area contributed by atoms with Gasteiger partial charge in [-0.05, 0) is 29.1 Å². The molecule has 0 aliphatic heterocycles. The van der Waals surface area contributed by atoms with E-state index in [4.69, 9.17) is 10.5 Å². The number of nitrogen functional groups attached to an aromatic ring is 1. The number of aromatic nitrogens is 1. The highest BCUT2D eigenvalue weighted by Crippen LogP contribution is 2.37. The Balaban J connectivity index is 2.13. The van der Waals surface area contributed by atoms with E-state index in [0.717, 1.165) is 39.2 Å². The first-order chi connectivity index (χ1) is 12.4. The Morgan fingerprint density at radius 1 is 1.15 bits per heavy atom. The second-order valence-electron chi connectivity index (χ2n) is 7.20. The zero-order valence-electron chi connectivity index (χ0n) is 15.4. The molecule has 0 unspecified atom stereocenters. The van der Waals surface area contributed by atoms with Crippen molar-refractivity contribution in [2.45, 2.75) is 13.8 Å². The number of rotatable bonds is 6. The molecule has 5 nitrogen and oxygen atoms in total. The number of aliphatic hydroxyl groups excluding tert-OH is 1. The summed E-state index contributed by atoms with van der Waals surface area (Å²) in [6, 6.07) is 13.7. The molecule has 26 heavy (non-hydrogen) atoms. The minimum atomic E-state index is -0.244. The summed E-state index contributed by atoms with van der Waals surface area (Å²) in [6.45, 7) is 4.70. The van der Waals surface area contributed by atoms with Crippen LogP contribution in [0.15, 0.2) is 48.7 Å². The molecule has 0 amide bonds. The number of fused-ring (bicyclic) bond motifs is 1. The molecule has 3 rings (SSSR count). The summed E-state index contributed by atoms with van der Waals surface area (Å²) < 4.78 is 5.59. The van der Waals surface area contributed by atoms with E-state index in [9.17, 15) is 5.11 Å². The van der Waals surface area contributed by atoms with Gasteiger partial charge in [0.2, 0.25) is 0 Å². The van der Waals surface area contributed by atoms with Crippen LogP contribution in [0.3, 0.4) is 0 Å². The van der Waals surface area contributed by atoms with Crippen LogP contribution in [0.4, 0.5) is 11.5 Å². The number of methoxy groups -OCH3 is 1. The van der Waals surface area contributed by atoms with E-state index >= 15 is 0 Å². The Bertz CT molecular complexity index is 905. The topological polar surface area (TPSA) is 80.4 Å². The lowest BCUT2D eigenvalue weighted by atomic mass is 9.94. The summed E-state index contributed by atoms with van der Waals surface area (Å²) in [7, 11) is 1.66. The number of pyridine rings is 1. The standard InChI is InChI=1S/C21H25N3O2/c1-21(2,13-25)12-24-20-19-16(5-4-6-18(19)26-3)17(11-23-20)14-7-9-15(22)10-8-14/h4-11,25H,12-13,22H2,1-3H3,(H,23,24). The number of anilines is 2. The number of nitrogens with zero attached hydrogens (tertiary/aromatic N) is 1. The first-order valence-electron chi connectivity index (χ1n) is 8.61. The fourth-order valence-corrected chi connectivity index (χ4v) is 2.84.